The van der Waals surface area contributed by atoms with E-state index in [2.05, 4.69) is 11.3 Å². The standard InChI is InChI=1S/C4H5N2.Li/c1-6-4-2-3-5-6;/h2,4H,1H3;/q-1;+1. The molecule has 0 aliphatic carbocycles. The Morgan fingerprint density at radius 2 is 2.43 bits per heavy atom. The maximum absolute atomic E-state index is 3.71. The third-order valence-electron chi connectivity index (χ3n) is 0.580. The van der Waals surface area contributed by atoms with E-state index in [1.165, 1.54) is 0 Å². The van der Waals surface area contributed by atoms with E-state index in [1.807, 2.05) is 13.2 Å². The van der Waals surface area contributed by atoms with Crippen molar-refractivity contribution >= 4 is 0 Å². The first-order valence-electron chi connectivity index (χ1n) is 1.75. The van der Waals surface area contributed by atoms with E-state index < -0.39 is 0 Å². The minimum atomic E-state index is 0. The maximum atomic E-state index is 3.71. The number of hydrogen-bond donors (Lipinski definition) is 0. The van der Waals surface area contributed by atoms with E-state index in [-0.39, 0.29) is 18.9 Å². The smallest absolute Gasteiger partial charge is 0.372 e. The van der Waals surface area contributed by atoms with Gasteiger partial charge in [0.2, 0.25) is 0 Å². The monoisotopic (exact) mass is 88.1 g/mol. The largest absolute Gasteiger partial charge is 1.00 e. The molecule has 1 aromatic heterocycles. The van der Waals surface area contributed by atoms with Gasteiger partial charge in [0.1, 0.15) is 0 Å². The van der Waals surface area contributed by atoms with Crippen LogP contribution in [0.2, 0.25) is 0 Å². The van der Waals surface area contributed by atoms with Gasteiger partial charge < -0.3 is 9.78 Å². The van der Waals surface area contributed by atoms with Crippen molar-refractivity contribution in [1.82, 2.24) is 9.78 Å². The second kappa shape index (κ2) is 2.90. The molecule has 0 bridgehead atoms. The Balaban J connectivity index is 0.000000360. The van der Waals surface area contributed by atoms with Crippen LogP contribution in [-0.2, 0) is 7.05 Å². The van der Waals surface area contributed by atoms with Crippen LogP contribution in [0.15, 0.2) is 12.3 Å². The summed E-state index contributed by atoms with van der Waals surface area (Å²) in [6.45, 7) is 0. The molecule has 0 saturated carbocycles. The summed E-state index contributed by atoms with van der Waals surface area (Å²) in [5.41, 5.74) is 0. The van der Waals surface area contributed by atoms with Gasteiger partial charge in [-0.3, -0.25) is 0 Å². The fourth-order valence-electron chi connectivity index (χ4n) is 0.299. The molecule has 0 radical (unpaired) electrons. The maximum Gasteiger partial charge on any atom is 1.00 e. The SMILES string of the molecule is Cn1cc[c-]n1.[Li+]. The van der Waals surface area contributed by atoms with Crippen LogP contribution in [0.5, 0.6) is 0 Å². The summed E-state index contributed by atoms with van der Waals surface area (Å²) in [5, 5.41) is 3.71. The number of aromatic nitrogens is 2. The van der Waals surface area contributed by atoms with Crippen LogP contribution in [0.25, 0.3) is 0 Å². The molecule has 0 saturated heterocycles. The van der Waals surface area contributed by atoms with Gasteiger partial charge in [0.15, 0.2) is 0 Å². The topological polar surface area (TPSA) is 17.8 Å². The zero-order valence-electron chi connectivity index (χ0n) is 4.55. The number of rotatable bonds is 0. The summed E-state index contributed by atoms with van der Waals surface area (Å²) in [5.74, 6) is 0. The molecular weight excluding hydrogens is 83.0 g/mol. The molecule has 0 N–H and O–H groups in total. The van der Waals surface area contributed by atoms with Gasteiger partial charge in [0.05, 0.1) is 0 Å². The van der Waals surface area contributed by atoms with E-state index in [9.17, 15) is 0 Å². The van der Waals surface area contributed by atoms with Crippen LogP contribution < -0.4 is 18.9 Å². The van der Waals surface area contributed by atoms with Crippen molar-refractivity contribution in [3.05, 3.63) is 18.5 Å². The molecule has 3 heteroatoms. The molecule has 32 valence electrons. The van der Waals surface area contributed by atoms with Crippen molar-refractivity contribution in [3.63, 3.8) is 0 Å². The van der Waals surface area contributed by atoms with Crippen LogP contribution in [0, 0.1) is 6.20 Å². The fraction of sp³-hybridized carbons (Fsp3) is 0.250. The summed E-state index contributed by atoms with van der Waals surface area (Å²) in [6, 6.07) is 1.76. The molecule has 0 amide bonds. The van der Waals surface area contributed by atoms with Crippen molar-refractivity contribution in [1.29, 1.82) is 0 Å². The average molecular weight is 88.0 g/mol. The third kappa shape index (κ3) is 1.82. The predicted molar refractivity (Wildman–Crippen MR) is 22.0 cm³/mol. The first kappa shape index (κ1) is 6.81. The quantitative estimate of drug-likeness (QED) is 0.248. The van der Waals surface area contributed by atoms with Gasteiger partial charge in [-0.1, -0.05) is 0 Å². The van der Waals surface area contributed by atoms with E-state index in [0.29, 0.717) is 0 Å². The van der Waals surface area contributed by atoms with E-state index in [4.69, 9.17) is 0 Å². The van der Waals surface area contributed by atoms with Gasteiger partial charge in [0.25, 0.3) is 0 Å². The molecule has 1 aromatic rings. The van der Waals surface area contributed by atoms with Crippen molar-refractivity contribution < 1.29 is 18.9 Å². The molecule has 0 aromatic carbocycles. The molecule has 0 aliphatic rings. The van der Waals surface area contributed by atoms with Crippen LogP contribution >= 0.6 is 0 Å². The van der Waals surface area contributed by atoms with Gasteiger partial charge in [-0.2, -0.15) is 6.07 Å². The first-order valence-corrected chi connectivity index (χ1v) is 1.75. The summed E-state index contributed by atoms with van der Waals surface area (Å²) in [4.78, 5) is 0. The van der Waals surface area contributed by atoms with Gasteiger partial charge in [0, 0.05) is 7.05 Å². The summed E-state index contributed by atoms with van der Waals surface area (Å²) < 4.78 is 1.69. The van der Waals surface area contributed by atoms with Crippen molar-refractivity contribution in [3.8, 4) is 0 Å². The number of aryl methyl sites for hydroxylation is 1. The predicted octanol–water partition coefficient (Wildman–Crippen LogP) is -2.78. The summed E-state index contributed by atoms with van der Waals surface area (Å²) in [7, 11) is 1.86. The van der Waals surface area contributed by atoms with E-state index in [0.717, 1.165) is 0 Å². The summed E-state index contributed by atoms with van der Waals surface area (Å²) in [6.07, 6.45) is 4.48. The van der Waals surface area contributed by atoms with Crippen molar-refractivity contribution in [2.45, 2.75) is 0 Å². The molecule has 2 nitrogen and oxygen atoms in total. The second-order valence-corrected chi connectivity index (χ2v) is 1.12. The molecule has 0 fully saturated rings. The van der Waals surface area contributed by atoms with Gasteiger partial charge >= 0.3 is 18.9 Å². The van der Waals surface area contributed by atoms with Gasteiger partial charge in [-0.05, 0) is 0 Å². The molecule has 0 spiro atoms. The molecule has 0 atom stereocenters. The van der Waals surface area contributed by atoms with E-state index in [1.54, 1.807) is 10.7 Å². The molecular formula is C4H5LiN2. The Morgan fingerprint density at radius 3 is 2.57 bits per heavy atom. The summed E-state index contributed by atoms with van der Waals surface area (Å²) >= 11 is 0. The number of nitrogens with zero attached hydrogens (tertiary/aromatic N) is 2. The van der Waals surface area contributed by atoms with Crippen LogP contribution in [0.3, 0.4) is 0 Å². The van der Waals surface area contributed by atoms with Gasteiger partial charge in [-0.25, -0.2) is 0 Å². The van der Waals surface area contributed by atoms with E-state index >= 15 is 0 Å². The molecule has 7 heavy (non-hydrogen) atoms. The number of hydrogen-bond acceptors (Lipinski definition) is 1. The first-order chi connectivity index (χ1) is 2.89. The molecule has 0 aliphatic heterocycles. The zero-order chi connectivity index (χ0) is 4.41. The van der Waals surface area contributed by atoms with Gasteiger partial charge in [-0.15, -0.1) is 12.4 Å². The van der Waals surface area contributed by atoms with Crippen molar-refractivity contribution in [2.24, 2.45) is 7.05 Å². The Bertz CT molecular complexity index is 113. The Morgan fingerprint density at radius 1 is 1.71 bits per heavy atom. The molecule has 0 unspecified atom stereocenters. The Labute approximate surface area is 54.7 Å². The minimum absolute atomic E-state index is 0. The second-order valence-electron chi connectivity index (χ2n) is 1.12. The minimum Gasteiger partial charge on any atom is -0.372 e. The van der Waals surface area contributed by atoms with Crippen LogP contribution in [-0.4, -0.2) is 9.78 Å². The Hall–Kier alpha value is -0.193. The molecule has 1 heterocycles. The third-order valence-corrected chi connectivity index (χ3v) is 0.580. The fourth-order valence-corrected chi connectivity index (χ4v) is 0.299. The van der Waals surface area contributed by atoms with Crippen molar-refractivity contribution in [2.75, 3.05) is 0 Å². The average Bonchev–Trinajstić information content (AvgIpc) is 1.86. The molecule has 1 rings (SSSR count). The Kier molecular flexibility index (Phi) is 2.82. The van der Waals surface area contributed by atoms with Crippen LogP contribution in [0.4, 0.5) is 0 Å². The normalized spacial score (nSPS) is 7.57. The van der Waals surface area contributed by atoms with Crippen LogP contribution in [0.1, 0.15) is 0 Å². The zero-order valence-corrected chi connectivity index (χ0v) is 4.55.